The van der Waals surface area contributed by atoms with E-state index in [1.165, 1.54) is 11.1 Å². The Hall–Kier alpha value is -2.47. The molecular weight excluding hydrogens is 286 g/mol. The van der Waals surface area contributed by atoms with Crippen molar-refractivity contribution in [1.82, 2.24) is 0 Å². The largest absolute Gasteiger partial charge is 0.496 e. The van der Waals surface area contributed by atoms with Crippen molar-refractivity contribution in [3.63, 3.8) is 0 Å². The molecule has 0 bridgehead atoms. The van der Waals surface area contributed by atoms with Gasteiger partial charge in [0.15, 0.2) is 0 Å². The number of hydrogen-bond acceptors (Lipinski definition) is 3. The molecule has 0 fully saturated rings. The van der Waals surface area contributed by atoms with E-state index in [-0.39, 0.29) is 5.92 Å². The van der Waals surface area contributed by atoms with E-state index in [0.717, 1.165) is 29.9 Å². The maximum Gasteiger partial charge on any atom is 0.123 e. The minimum Gasteiger partial charge on any atom is -0.496 e. The maximum absolute atomic E-state index is 9.45. The first kappa shape index (κ1) is 16.9. The van der Waals surface area contributed by atoms with Gasteiger partial charge in [0, 0.05) is 5.56 Å². The Morgan fingerprint density at radius 2 is 1.78 bits per heavy atom. The van der Waals surface area contributed by atoms with Crippen LogP contribution in [0, 0.1) is 25.2 Å². The van der Waals surface area contributed by atoms with Gasteiger partial charge < -0.3 is 9.47 Å². The fourth-order valence-corrected chi connectivity index (χ4v) is 2.59. The molecule has 2 aromatic carbocycles. The summed E-state index contributed by atoms with van der Waals surface area (Å²) < 4.78 is 11.2. The van der Waals surface area contributed by atoms with Crippen LogP contribution in [0.2, 0.25) is 0 Å². The van der Waals surface area contributed by atoms with Crippen molar-refractivity contribution in [2.24, 2.45) is 0 Å². The van der Waals surface area contributed by atoms with E-state index >= 15 is 0 Å². The molecule has 23 heavy (non-hydrogen) atoms. The van der Waals surface area contributed by atoms with E-state index in [0.29, 0.717) is 6.61 Å². The lowest BCUT2D eigenvalue weighted by Gasteiger charge is -2.14. The Kier molecular flexibility index (Phi) is 6.05. The van der Waals surface area contributed by atoms with Gasteiger partial charge in [0.1, 0.15) is 11.5 Å². The van der Waals surface area contributed by atoms with Gasteiger partial charge in [-0.25, -0.2) is 0 Å². The zero-order chi connectivity index (χ0) is 16.7. The fraction of sp³-hybridized carbons (Fsp3) is 0.350. The first-order valence-corrected chi connectivity index (χ1v) is 7.89. The van der Waals surface area contributed by atoms with Crippen LogP contribution in [0.25, 0.3) is 0 Å². The quantitative estimate of drug-likeness (QED) is 0.691. The second-order valence-corrected chi connectivity index (χ2v) is 5.61. The van der Waals surface area contributed by atoms with Crippen LogP contribution in [0.4, 0.5) is 0 Å². The van der Waals surface area contributed by atoms with Crippen LogP contribution in [0.5, 0.6) is 11.5 Å². The topological polar surface area (TPSA) is 42.2 Å². The van der Waals surface area contributed by atoms with Gasteiger partial charge in [-0.15, -0.1) is 0 Å². The van der Waals surface area contributed by atoms with Crippen molar-refractivity contribution < 1.29 is 9.47 Å². The molecule has 120 valence electrons. The number of ether oxygens (including phenoxy) is 2. The van der Waals surface area contributed by atoms with E-state index in [1.807, 2.05) is 36.4 Å². The van der Waals surface area contributed by atoms with Crippen LogP contribution in [-0.2, 0) is 0 Å². The van der Waals surface area contributed by atoms with Crippen LogP contribution in [0.15, 0.2) is 42.5 Å². The van der Waals surface area contributed by atoms with E-state index in [9.17, 15) is 5.26 Å². The summed E-state index contributed by atoms with van der Waals surface area (Å²) in [5.74, 6) is 1.53. The van der Waals surface area contributed by atoms with Gasteiger partial charge in [0.05, 0.1) is 25.7 Å². The van der Waals surface area contributed by atoms with Crippen LogP contribution >= 0.6 is 0 Å². The Balaban J connectivity index is 1.92. The minimum absolute atomic E-state index is 0.173. The molecular formula is C20H23NO2. The van der Waals surface area contributed by atoms with Crippen molar-refractivity contribution >= 4 is 0 Å². The Labute approximate surface area is 138 Å². The van der Waals surface area contributed by atoms with Crippen molar-refractivity contribution in [3.05, 3.63) is 59.2 Å². The third kappa shape index (κ3) is 4.26. The number of nitriles is 1. The van der Waals surface area contributed by atoms with Crippen molar-refractivity contribution in [1.29, 1.82) is 5.26 Å². The van der Waals surface area contributed by atoms with Crippen molar-refractivity contribution in [2.45, 2.75) is 32.6 Å². The lowest BCUT2D eigenvalue weighted by Crippen LogP contribution is -2.04. The summed E-state index contributed by atoms with van der Waals surface area (Å²) in [6.07, 6.45) is 1.57. The molecule has 1 unspecified atom stereocenters. The minimum atomic E-state index is -0.173. The van der Waals surface area contributed by atoms with Gasteiger partial charge in [0.25, 0.3) is 0 Å². The molecule has 0 aliphatic rings. The Bertz CT molecular complexity index is 688. The van der Waals surface area contributed by atoms with Crippen molar-refractivity contribution in [3.8, 4) is 17.6 Å². The summed E-state index contributed by atoms with van der Waals surface area (Å²) in [5.41, 5.74) is 3.35. The molecule has 0 spiro atoms. The number of methoxy groups -OCH3 is 1. The van der Waals surface area contributed by atoms with Crippen LogP contribution in [0.1, 0.15) is 35.4 Å². The summed E-state index contributed by atoms with van der Waals surface area (Å²) in [7, 11) is 1.64. The van der Waals surface area contributed by atoms with E-state index < -0.39 is 0 Å². The molecule has 0 amide bonds. The van der Waals surface area contributed by atoms with E-state index in [2.05, 4.69) is 26.0 Å². The molecule has 2 rings (SSSR count). The number of rotatable bonds is 7. The van der Waals surface area contributed by atoms with Gasteiger partial charge >= 0.3 is 0 Å². The Morgan fingerprint density at radius 3 is 2.52 bits per heavy atom. The lowest BCUT2D eigenvalue weighted by molar-refractivity contribution is 0.302. The Morgan fingerprint density at radius 1 is 1.04 bits per heavy atom. The molecule has 0 heterocycles. The molecule has 2 aromatic rings. The predicted molar refractivity (Wildman–Crippen MR) is 92.0 cm³/mol. The standard InChI is InChI=1S/C20H23NO2/c1-15-8-6-12-19(16(15)2)23-13-7-9-17(14-21)18-10-4-5-11-20(18)22-3/h4-6,8,10-12,17H,7,9,13H2,1-3H3. The normalized spacial score (nSPS) is 11.6. The predicted octanol–water partition coefficient (Wildman–Crippen LogP) is 4.78. The summed E-state index contributed by atoms with van der Waals surface area (Å²) in [5, 5.41) is 9.45. The molecule has 1 atom stereocenters. The molecule has 0 saturated carbocycles. The van der Waals surface area contributed by atoms with Crippen LogP contribution < -0.4 is 9.47 Å². The highest BCUT2D eigenvalue weighted by Crippen LogP contribution is 2.29. The SMILES string of the molecule is COc1ccccc1C(C#N)CCCOc1cccc(C)c1C. The summed E-state index contributed by atoms with van der Waals surface area (Å²) in [6, 6.07) is 16.2. The molecule has 0 aromatic heterocycles. The molecule has 0 aliphatic heterocycles. The number of aryl methyl sites for hydroxylation is 1. The number of para-hydroxylation sites is 1. The molecule has 0 radical (unpaired) electrons. The van der Waals surface area contributed by atoms with Gasteiger partial charge in [-0.3, -0.25) is 0 Å². The number of hydrogen-bond donors (Lipinski definition) is 0. The maximum atomic E-state index is 9.45. The van der Waals surface area contributed by atoms with E-state index in [1.54, 1.807) is 7.11 Å². The first-order chi connectivity index (χ1) is 11.2. The molecule has 0 saturated heterocycles. The van der Waals surface area contributed by atoms with Crippen molar-refractivity contribution in [2.75, 3.05) is 13.7 Å². The summed E-state index contributed by atoms with van der Waals surface area (Å²) in [6.45, 7) is 4.75. The van der Waals surface area contributed by atoms with E-state index in [4.69, 9.17) is 9.47 Å². The zero-order valence-electron chi connectivity index (χ0n) is 14.0. The van der Waals surface area contributed by atoms with Crippen LogP contribution in [-0.4, -0.2) is 13.7 Å². The summed E-state index contributed by atoms with van der Waals surface area (Å²) in [4.78, 5) is 0. The number of benzene rings is 2. The average molecular weight is 309 g/mol. The summed E-state index contributed by atoms with van der Waals surface area (Å²) >= 11 is 0. The first-order valence-electron chi connectivity index (χ1n) is 7.89. The zero-order valence-corrected chi connectivity index (χ0v) is 14.0. The third-order valence-electron chi connectivity index (χ3n) is 4.12. The molecule has 0 N–H and O–H groups in total. The highest BCUT2D eigenvalue weighted by atomic mass is 16.5. The monoisotopic (exact) mass is 309 g/mol. The molecule has 3 heteroatoms. The second-order valence-electron chi connectivity index (χ2n) is 5.61. The molecule has 0 aliphatic carbocycles. The molecule has 3 nitrogen and oxygen atoms in total. The van der Waals surface area contributed by atoms with Gasteiger partial charge in [-0.1, -0.05) is 30.3 Å². The highest BCUT2D eigenvalue weighted by Gasteiger charge is 2.15. The van der Waals surface area contributed by atoms with Gasteiger partial charge in [-0.05, 0) is 49.9 Å². The second kappa shape index (κ2) is 8.24. The average Bonchev–Trinajstić information content (AvgIpc) is 2.58. The van der Waals surface area contributed by atoms with Crippen LogP contribution in [0.3, 0.4) is 0 Å². The fourth-order valence-electron chi connectivity index (χ4n) is 2.59. The van der Waals surface area contributed by atoms with Gasteiger partial charge in [-0.2, -0.15) is 5.26 Å². The number of nitrogens with zero attached hydrogens (tertiary/aromatic N) is 1. The third-order valence-corrected chi connectivity index (χ3v) is 4.12. The van der Waals surface area contributed by atoms with Gasteiger partial charge in [0.2, 0.25) is 0 Å². The smallest absolute Gasteiger partial charge is 0.123 e. The highest BCUT2D eigenvalue weighted by molar-refractivity contribution is 5.39. The lowest BCUT2D eigenvalue weighted by atomic mass is 9.95.